The number of nitrogens with one attached hydrogen (secondary N) is 1. The Hall–Kier alpha value is -3.03. The zero-order valence-corrected chi connectivity index (χ0v) is 13.8. The Labute approximate surface area is 143 Å². The number of benzene rings is 1. The number of fused-ring (bicyclic) bond motifs is 1. The van der Waals surface area contributed by atoms with E-state index in [1.165, 1.54) is 18.0 Å². The second kappa shape index (κ2) is 6.84. The van der Waals surface area contributed by atoms with Gasteiger partial charge < -0.3 is 10.2 Å². The van der Waals surface area contributed by atoms with E-state index >= 15 is 0 Å². The van der Waals surface area contributed by atoms with Crippen LogP contribution in [0.1, 0.15) is 24.4 Å². The zero-order valence-electron chi connectivity index (χ0n) is 13.8. The van der Waals surface area contributed by atoms with Crippen molar-refractivity contribution in [3.8, 4) is 0 Å². The highest BCUT2D eigenvalue weighted by Crippen LogP contribution is 2.14. The maximum absolute atomic E-state index is 13.7. The molecule has 130 valence electrons. The minimum atomic E-state index is -0.684. The molecule has 8 heteroatoms. The van der Waals surface area contributed by atoms with Crippen molar-refractivity contribution in [1.82, 2.24) is 24.8 Å². The fraction of sp³-hybridized carbons (Fsp3) is 0.235. The van der Waals surface area contributed by atoms with Crippen molar-refractivity contribution < 1.29 is 13.6 Å². The van der Waals surface area contributed by atoms with Gasteiger partial charge in [-0.2, -0.15) is 0 Å². The number of carbonyl (C=O) groups excluding carboxylic acids is 1. The predicted molar refractivity (Wildman–Crippen MR) is 87.8 cm³/mol. The fourth-order valence-electron chi connectivity index (χ4n) is 2.49. The van der Waals surface area contributed by atoms with Crippen molar-refractivity contribution in [2.75, 3.05) is 7.05 Å². The van der Waals surface area contributed by atoms with E-state index in [1.54, 1.807) is 11.3 Å². The van der Waals surface area contributed by atoms with Crippen LogP contribution in [0, 0.1) is 11.6 Å². The summed E-state index contributed by atoms with van der Waals surface area (Å²) in [5.74, 6) is -0.748. The fourth-order valence-corrected chi connectivity index (χ4v) is 2.49. The number of pyridine rings is 1. The van der Waals surface area contributed by atoms with E-state index in [2.05, 4.69) is 15.5 Å². The smallest absolute Gasteiger partial charge is 0.318 e. The van der Waals surface area contributed by atoms with Crippen molar-refractivity contribution in [1.29, 1.82) is 0 Å². The molecule has 6 nitrogen and oxygen atoms in total. The van der Waals surface area contributed by atoms with Gasteiger partial charge in [-0.15, -0.1) is 10.2 Å². The van der Waals surface area contributed by atoms with E-state index in [0.717, 1.165) is 12.1 Å². The van der Waals surface area contributed by atoms with E-state index in [0.29, 0.717) is 11.5 Å². The van der Waals surface area contributed by atoms with Crippen LogP contribution in [0.15, 0.2) is 42.6 Å². The predicted octanol–water partition coefficient (Wildman–Crippen LogP) is 2.91. The molecule has 0 bridgehead atoms. The molecule has 2 aromatic heterocycles. The number of rotatable bonds is 4. The first-order valence-electron chi connectivity index (χ1n) is 7.71. The van der Waals surface area contributed by atoms with Crippen molar-refractivity contribution in [2.24, 2.45) is 0 Å². The van der Waals surface area contributed by atoms with Crippen LogP contribution in [0.25, 0.3) is 5.65 Å². The topological polar surface area (TPSA) is 62.5 Å². The number of hydrogen-bond donors (Lipinski definition) is 1. The summed E-state index contributed by atoms with van der Waals surface area (Å²) in [5.41, 5.74) is 0.917. The minimum absolute atomic E-state index is 0.0191. The van der Waals surface area contributed by atoms with Gasteiger partial charge in [0.05, 0.1) is 6.04 Å². The lowest BCUT2D eigenvalue weighted by atomic mass is 10.2. The van der Waals surface area contributed by atoms with Crippen LogP contribution in [0.4, 0.5) is 13.6 Å². The second-order valence-electron chi connectivity index (χ2n) is 5.75. The summed E-state index contributed by atoms with van der Waals surface area (Å²) in [6.07, 6.45) is 1.81. The van der Waals surface area contributed by atoms with Gasteiger partial charge in [0.15, 0.2) is 11.5 Å². The van der Waals surface area contributed by atoms with Gasteiger partial charge in [-0.1, -0.05) is 12.1 Å². The van der Waals surface area contributed by atoms with Gasteiger partial charge in [-0.25, -0.2) is 13.6 Å². The van der Waals surface area contributed by atoms with E-state index in [9.17, 15) is 13.6 Å². The summed E-state index contributed by atoms with van der Waals surface area (Å²) in [4.78, 5) is 13.6. The minimum Gasteiger partial charge on any atom is -0.328 e. The highest BCUT2D eigenvalue weighted by Gasteiger charge is 2.18. The van der Waals surface area contributed by atoms with Crippen LogP contribution in [-0.4, -0.2) is 32.6 Å². The molecular weight excluding hydrogens is 328 g/mol. The van der Waals surface area contributed by atoms with E-state index < -0.39 is 23.7 Å². The van der Waals surface area contributed by atoms with Gasteiger partial charge in [0.1, 0.15) is 11.6 Å². The van der Waals surface area contributed by atoms with Crippen LogP contribution in [-0.2, 0) is 6.54 Å². The average molecular weight is 345 g/mol. The maximum atomic E-state index is 13.7. The number of hydrogen-bond acceptors (Lipinski definition) is 3. The van der Waals surface area contributed by atoms with Gasteiger partial charge in [-0.05, 0) is 25.1 Å². The van der Waals surface area contributed by atoms with Gasteiger partial charge in [0.25, 0.3) is 0 Å². The lowest BCUT2D eigenvalue weighted by Crippen LogP contribution is -2.38. The lowest BCUT2D eigenvalue weighted by molar-refractivity contribution is 0.202. The first-order valence-corrected chi connectivity index (χ1v) is 7.71. The molecule has 1 unspecified atom stereocenters. The van der Waals surface area contributed by atoms with E-state index in [4.69, 9.17) is 0 Å². The summed E-state index contributed by atoms with van der Waals surface area (Å²) in [6.45, 7) is 1.80. The Bertz CT molecular complexity index is 911. The molecule has 0 radical (unpaired) electrons. The molecule has 1 N–H and O–H groups in total. The molecule has 1 aromatic carbocycles. The zero-order chi connectivity index (χ0) is 18.0. The van der Waals surface area contributed by atoms with Crippen LogP contribution >= 0.6 is 0 Å². The molecular formula is C17H17F2N5O. The molecule has 0 spiro atoms. The Morgan fingerprint density at radius 3 is 2.84 bits per heavy atom. The molecule has 3 rings (SSSR count). The highest BCUT2D eigenvalue weighted by atomic mass is 19.1. The summed E-state index contributed by atoms with van der Waals surface area (Å²) in [6, 6.07) is 7.99. The third-order valence-electron chi connectivity index (χ3n) is 3.84. The molecule has 0 aliphatic carbocycles. The number of amides is 2. The summed E-state index contributed by atoms with van der Waals surface area (Å²) < 4.78 is 28.4. The van der Waals surface area contributed by atoms with Crippen molar-refractivity contribution in [3.05, 3.63) is 65.6 Å². The molecule has 0 saturated heterocycles. The Morgan fingerprint density at radius 1 is 1.28 bits per heavy atom. The van der Waals surface area contributed by atoms with Gasteiger partial charge >= 0.3 is 6.03 Å². The Balaban J connectivity index is 1.68. The lowest BCUT2D eigenvalue weighted by Gasteiger charge is -2.21. The Kier molecular flexibility index (Phi) is 4.60. The summed E-state index contributed by atoms with van der Waals surface area (Å²) >= 11 is 0. The van der Waals surface area contributed by atoms with Crippen molar-refractivity contribution in [3.63, 3.8) is 0 Å². The van der Waals surface area contributed by atoms with Crippen LogP contribution in [0.5, 0.6) is 0 Å². The largest absolute Gasteiger partial charge is 0.328 e. The number of aromatic nitrogens is 3. The third kappa shape index (κ3) is 3.57. The standard InChI is InChI=1S/C17H17F2N5O/c1-11(16-22-21-15-5-3-4-8-24(15)16)20-17(25)23(2)10-12-6-7-13(18)9-14(12)19/h3-9,11H,10H2,1-2H3,(H,20,25). The monoisotopic (exact) mass is 345 g/mol. The van der Waals surface area contributed by atoms with Crippen LogP contribution < -0.4 is 5.32 Å². The first kappa shape index (κ1) is 16.8. The number of nitrogens with zero attached hydrogens (tertiary/aromatic N) is 4. The van der Waals surface area contributed by atoms with Crippen molar-refractivity contribution >= 4 is 11.7 Å². The maximum Gasteiger partial charge on any atom is 0.318 e. The number of urea groups is 1. The molecule has 0 saturated carbocycles. The summed E-state index contributed by atoms with van der Waals surface area (Å²) in [5, 5.41) is 10.9. The molecule has 0 fully saturated rings. The van der Waals surface area contributed by atoms with E-state index in [1.807, 2.05) is 24.4 Å². The molecule has 25 heavy (non-hydrogen) atoms. The molecule has 2 heterocycles. The molecule has 1 atom stereocenters. The SMILES string of the molecule is CC(NC(=O)N(C)Cc1ccc(F)cc1F)c1nnc2ccccn12. The quantitative estimate of drug-likeness (QED) is 0.791. The van der Waals surface area contributed by atoms with Crippen molar-refractivity contribution in [2.45, 2.75) is 19.5 Å². The Morgan fingerprint density at radius 2 is 2.08 bits per heavy atom. The van der Waals surface area contributed by atoms with Gasteiger partial charge in [0.2, 0.25) is 0 Å². The van der Waals surface area contributed by atoms with Crippen LogP contribution in [0.2, 0.25) is 0 Å². The third-order valence-corrected chi connectivity index (χ3v) is 3.84. The van der Waals surface area contributed by atoms with Crippen LogP contribution in [0.3, 0.4) is 0 Å². The number of halogens is 2. The molecule has 0 aliphatic heterocycles. The van der Waals surface area contributed by atoms with Gasteiger partial charge in [0, 0.05) is 31.4 Å². The average Bonchev–Trinajstić information content (AvgIpc) is 3.01. The number of carbonyl (C=O) groups is 1. The highest BCUT2D eigenvalue weighted by molar-refractivity contribution is 5.74. The van der Waals surface area contributed by atoms with Gasteiger partial charge in [-0.3, -0.25) is 4.40 Å². The normalized spacial score (nSPS) is 12.2. The first-order chi connectivity index (χ1) is 12.0. The molecule has 0 aliphatic rings. The second-order valence-corrected chi connectivity index (χ2v) is 5.75. The molecule has 2 amide bonds. The summed E-state index contributed by atoms with van der Waals surface area (Å²) in [7, 11) is 1.53. The molecule has 3 aromatic rings. The van der Waals surface area contributed by atoms with E-state index in [-0.39, 0.29) is 12.1 Å².